The van der Waals surface area contributed by atoms with Gasteiger partial charge in [-0.1, -0.05) is 45.4 Å². The summed E-state index contributed by atoms with van der Waals surface area (Å²) in [6.07, 6.45) is 0.180. The first-order chi connectivity index (χ1) is 14.1. The highest BCUT2D eigenvalue weighted by molar-refractivity contribution is 6.30. The number of anilines is 2. The molecule has 3 atom stereocenters. The van der Waals surface area contributed by atoms with E-state index in [0.29, 0.717) is 16.5 Å². The standard InChI is InChI=1S/C21H29ClN6O2/c1-6-15-12(2)23-19(26-18(15)29)28-17(11-16(27-28)21(3,4)5)25-20(30)24-14-9-7-8-13(22)10-14/h7-12,15,19,23H,6H2,1-5H3,(H,26,29)(H2,24,25,30). The van der Waals surface area contributed by atoms with Crippen molar-refractivity contribution in [1.82, 2.24) is 20.4 Å². The summed E-state index contributed by atoms with van der Waals surface area (Å²) >= 11 is 5.99. The molecule has 3 rings (SSSR count). The third-order valence-electron chi connectivity index (χ3n) is 5.15. The molecule has 1 aliphatic heterocycles. The van der Waals surface area contributed by atoms with Crippen LogP contribution in [0.2, 0.25) is 5.02 Å². The van der Waals surface area contributed by atoms with Crippen LogP contribution < -0.4 is 21.3 Å². The minimum absolute atomic E-state index is 0.0239. The Morgan fingerprint density at radius 2 is 2.00 bits per heavy atom. The van der Waals surface area contributed by atoms with Gasteiger partial charge in [-0.15, -0.1) is 0 Å². The molecule has 0 aliphatic carbocycles. The molecule has 162 valence electrons. The van der Waals surface area contributed by atoms with Crippen LogP contribution in [0.5, 0.6) is 0 Å². The molecular weight excluding hydrogens is 404 g/mol. The van der Waals surface area contributed by atoms with Crippen LogP contribution in [0.4, 0.5) is 16.3 Å². The van der Waals surface area contributed by atoms with E-state index < -0.39 is 12.3 Å². The Balaban J connectivity index is 1.85. The van der Waals surface area contributed by atoms with Gasteiger partial charge in [-0.25, -0.2) is 9.48 Å². The number of carbonyl (C=O) groups is 2. The quantitative estimate of drug-likeness (QED) is 0.585. The highest BCUT2D eigenvalue weighted by Crippen LogP contribution is 2.27. The molecule has 1 aromatic carbocycles. The van der Waals surface area contributed by atoms with Crippen LogP contribution in [0.1, 0.15) is 53.0 Å². The second kappa shape index (κ2) is 8.65. The monoisotopic (exact) mass is 432 g/mol. The molecule has 0 radical (unpaired) electrons. The number of benzene rings is 1. The highest BCUT2D eigenvalue weighted by atomic mass is 35.5. The number of hydrogen-bond acceptors (Lipinski definition) is 4. The van der Waals surface area contributed by atoms with E-state index in [1.807, 2.05) is 40.7 Å². The number of amides is 3. The molecule has 0 bridgehead atoms. The van der Waals surface area contributed by atoms with E-state index in [1.54, 1.807) is 28.9 Å². The number of hydrogen-bond donors (Lipinski definition) is 4. The van der Waals surface area contributed by atoms with Crippen molar-refractivity contribution >= 4 is 35.0 Å². The van der Waals surface area contributed by atoms with E-state index in [9.17, 15) is 9.59 Å². The molecule has 1 fully saturated rings. The van der Waals surface area contributed by atoms with Gasteiger partial charge in [0.05, 0.1) is 11.6 Å². The van der Waals surface area contributed by atoms with Crippen LogP contribution in [0.15, 0.2) is 30.3 Å². The second-order valence-corrected chi connectivity index (χ2v) is 9.02. The predicted octanol–water partition coefficient (Wildman–Crippen LogP) is 4.07. The van der Waals surface area contributed by atoms with Gasteiger partial charge < -0.3 is 10.6 Å². The molecule has 4 N–H and O–H groups in total. The summed E-state index contributed by atoms with van der Waals surface area (Å²) in [4.78, 5) is 25.1. The zero-order valence-corrected chi connectivity index (χ0v) is 18.7. The molecular formula is C21H29ClN6O2. The third kappa shape index (κ3) is 4.94. The molecule has 1 aromatic heterocycles. The van der Waals surface area contributed by atoms with Crippen molar-refractivity contribution in [3.05, 3.63) is 41.0 Å². The lowest BCUT2D eigenvalue weighted by atomic mass is 9.92. The van der Waals surface area contributed by atoms with E-state index in [4.69, 9.17) is 11.6 Å². The van der Waals surface area contributed by atoms with Crippen LogP contribution in [0.25, 0.3) is 0 Å². The fourth-order valence-corrected chi connectivity index (χ4v) is 3.63. The maximum atomic E-state index is 12.6. The Hall–Kier alpha value is -2.58. The van der Waals surface area contributed by atoms with E-state index in [1.165, 1.54) is 0 Å². The van der Waals surface area contributed by atoms with Crippen LogP contribution >= 0.6 is 11.6 Å². The molecule has 3 unspecified atom stereocenters. The summed E-state index contributed by atoms with van der Waals surface area (Å²) in [6, 6.07) is 8.27. The molecule has 1 saturated heterocycles. The number of nitrogens with zero attached hydrogens (tertiary/aromatic N) is 2. The molecule has 0 saturated carbocycles. The van der Waals surface area contributed by atoms with Gasteiger partial charge in [0.15, 0.2) is 6.29 Å². The summed E-state index contributed by atoms with van der Waals surface area (Å²) < 4.78 is 1.61. The van der Waals surface area contributed by atoms with E-state index >= 15 is 0 Å². The van der Waals surface area contributed by atoms with Gasteiger partial charge >= 0.3 is 6.03 Å². The van der Waals surface area contributed by atoms with Gasteiger partial charge in [0.2, 0.25) is 5.91 Å². The first-order valence-electron chi connectivity index (χ1n) is 10.1. The Morgan fingerprint density at radius 3 is 2.60 bits per heavy atom. The summed E-state index contributed by atoms with van der Waals surface area (Å²) in [5.74, 6) is 0.330. The van der Waals surface area contributed by atoms with E-state index in [2.05, 4.69) is 26.4 Å². The van der Waals surface area contributed by atoms with Gasteiger partial charge in [-0.05, 0) is 31.5 Å². The van der Waals surface area contributed by atoms with Crippen LogP contribution in [0.3, 0.4) is 0 Å². The van der Waals surface area contributed by atoms with Gasteiger partial charge in [0.25, 0.3) is 0 Å². The Labute approximate surface area is 181 Å². The number of halogens is 1. The number of rotatable bonds is 4. The van der Waals surface area contributed by atoms with Crippen LogP contribution in [-0.4, -0.2) is 27.8 Å². The minimum Gasteiger partial charge on any atom is -0.322 e. The first-order valence-corrected chi connectivity index (χ1v) is 10.5. The fourth-order valence-electron chi connectivity index (χ4n) is 3.44. The maximum Gasteiger partial charge on any atom is 0.324 e. The molecule has 0 spiro atoms. The number of urea groups is 1. The molecule has 2 aromatic rings. The second-order valence-electron chi connectivity index (χ2n) is 8.58. The lowest BCUT2D eigenvalue weighted by Gasteiger charge is -2.35. The summed E-state index contributed by atoms with van der Waals surface area (Å²) in [5, 5.41) is 17.1. The summed E-state index contributed by atoms with van der Waals surface area (Å²) in [6.45, 7) is 10.1. The summed E-state index contributed by atoms with van der Waals surface area (Å²) in [5.41, 5.74) is 1.13. The maximum absolute atomic E-state index is 12.6. The van der Waals surface area contributed by atoms with Crippen molar-refractivity contribution < 1.29 is 9.59 Å². The molecule has 30 heavy (non-hydrogen) atoms. The average Bonchev–Trinajstić information content (AvgIpc) is 3.05. The number of aromatic nitrogens is 2. The van der Waals surface area contributed by atoms with Crippen molar-refractivity contribution in [2.45, 2.75) is 58.8 Å². The topological polar surface area (TPSA) is 100 Å². The molecule has 2 heterocycles. The smallest absolute Gasteiger partial charge is 0.322 e. The fraction of sp³-hybridized carbons (Fsp3) is 0.476. The van der Waals surface area contributed by atoms with Crippen molar-refractivity contribution in [2.24, 2.45) is 5.92 Å². The molecule has 8 nitrogen and oxygen atoms in total. The van der Waals surface area contributed by atoms with E-state index in [-0.39, 0.29) is 23.3 Å². The molecule has 9 heteroatoms. The largest absolute Gasteiger partial charge is 0.324 e. The molecule has 1 aliphatic rings. The Morgan fingerprint density at radius 1 is 1.27 bits per heavy atom. The predicted molar refractivity (Wildman–Crippen MR) is 119 cm³/mol. The van der Waals surface area contributed by atoms with Crippen LogP contribution in [0, 0.1) is 5.92 Å². The third-order valence-corrected chi connectivity index (χ3v) is 5.39. The Bertz CT molecular complexity index is 936. The molecule has 3 amide bonds. The van der Waals surface area contributed by atoms with Gasteiger partial charge in [-0.2, -0.15) is 5.10 Å². The lowest BCUT2D eigenvalue weighted by molar-refractivity contribution is -0.130. The van der Waals surface area contributed by atoms with Crippen molar-refractivity contribution in [3.8, 4) is 0 Å². The van der Waals surface area contributed by atoms with Gasteiger partial charge in [-0.3, -0.25) is 15.4 Å². The van der Waals surface area contributed by atoms with Crippen LogP contribution in [-0.2, 0) is 10.2 Å². The SMILES string of the molecule is CCC1C(=O)NC(n2nc(C(C)(C)C)cc2NC(=O)Nc2cccc(Cl)c2)NC1C. The average molecular weight is 433 g/mol. The Kier molecular flexibility index (Phi) is 6.38. The first kappa shape index (κ1) is 22.1. The zero-order chi connectivity index (χ0) is 22.1. The summed E-state index contributed by atoms with van der Waals surface area (Å²) in [7, 11) is 0. The van der Waals surface area contributed by atoms with Gasteiger partial charge in [0.1, 0.15) is 5.82 Å². The van der Waals surface area contributed by atoms with Crippen molar-refractivity contribution in [1.29, 1.82) is 0 Å². The van der Waals surface area contributed by atoms with Crippen molar-refractivity contribution in [3.63, 3.8) is 0 Å². The lowest BCUT2D eigenvalue weighted by Crippen LogP contribution is -2.57. The number of nitrogens with one attached hydrogen (secondary N) is 4. The zero-order valence-electron chi connectivity index (χ0n) is 17.9. The minimum atomic E-state index is -0.562. The van der Waals surface area contributed by atoms with E-state index in [0.717, 1.165) is 12.1 Å². The number of carbonyl (C=O) groups excluding carboxylic acids is 2. The normalized spacial score (nSPS) is 21.8. The van der Waals surface area contributed by atoms with Crippen molar-refractivity contribution in [2.75, 3.05) is 10.6 Å². The highest BCUT2D eigenvalue weighted by Gasteiger charge is 2.35. The van der Waals surface area contributed by atoms with Gasteiger partial charge in [0, 0.05) is 28.2 Å².